The van der Waals surface area contributed by atoms with Gasteiger partial charge in [0.15, 0.2) is 0 Å². The van der Waals surface area contributed by atoms with Gasteiger partial charge in [-0.1, -0.05) is 90.7 Å². The molecule has 0 aliphatic heterocycles. The summed E-state index contributed by atoms with van der Waals surface area (Å²) in [7, 11) is 0. The molecule has 0 bridgehead atoms. The van der Waals surface area contributed by atoms with Gasteiger partial charge < -0.3 is 0 Å². The van der Waals surface area contributed by atoms with Crippen LogP contribution in [-0.2, 0) is 12.8 Å². The topological polar surface area (TPSA) is 0 Å². The minimum atomic E-state index is -0.260. The van der Waals surface area contributed by atoms with Crippen molar-refractivity contribution in [1.29, 1.82) is 0 Å². The van der Waals surface area contributed by atoms with Crippen LogP contribution >= 0.6 is 0 Å². The molecule has 0 fully saturated rings. The second-order valence-electron chi connectivity index (χ2n) is 8.72. The molecule has 0 atom stereocenters. The standard InChI is InChI=1S/C34H31F/c1-3-5-7-9-26-11-13-28(14-12-26)17-20-30-21-22-32-25-31(23-24-33(32)34(30)35)29-18-15-27(16-19-29)10-8-6-4-2/h3-6,11-16,18-19,21-25H,7-10H2,1-2H3/b5-3+,6-4+. The lowest BCUT2D eigenvalue weighted by Crippen LogP contribution is -1.89. The van der Waals surface area contributed by atoms with Crippen molar-refractivity contribution in [1.82, 2.24) is 0 Å². The SMILES string of the molecule is C/C=C/CCc1ccc(C#Cc2ccc3cc(-c4ccc(CC/C=C/C)cc4)ccc3c2F)cc1. The highest BCUT2D eigenvalue weighted by molar-refractivity contribution is 5.89. The van der Waals surface area contributed by atoms with E-state index in [1.807, 2.05) is 44.2 Å². The zero-order valence-electron chi connectivity index (χ0n) is 20.5. The average Bonchev–Trinajstić information content (AvgIpc) is 2.90. The van der Waals surface area contributed by atoms with Crippen LogP contribution in [0.4, 0.5) is 4.39 Å². The third-order valence-corrected chi connectivity index (χ3v) is 6.21. The number of benzene rings is 4. The van der Waals surface area contributed by atoms with E-state index in [-0.39, 0.29) is 5.82 Å². The molecule has 0 aromatic heterocycles. The minimum absolute atomic E-state index is 0.260. The minimum Gasteiger partial charge on any atom is -0.205 e. The van der Waals surface area contributed by atoms with Gasteiger partial charge in [-0.2, -0.15) is 0 Å². The Balaban J connectivity index is 1.51. The summed E-state index contributed by atoms with van der Waals surface area (Å²) in [6.45, 7) is 4.09. The molecule has 0 aliphatic rings. The molecule has 0 saturated heterocycles. The molecule has 0 N–H and O–H groups in total. The molecule has 0 saturated carbocycles. The highest BCUT2D eigenvalue weighted by Gasteiger charge is 2.08. The van der Waals surface area contributed by atoms with Crippen molar-refractivity contribution in [2.75, 3.05) is 0 Å². The summed E-state index contributed by atoms with van der Waals surface area (Å²) in [5.74, 6) is 5.88. The first kappa shape index (κ1) is 24.2. The summed E-state index contributed by atoms with van der Waals surface area (Å²) >= 11 is 0. The van der Waals surface area contributed by atoms with Crippen LogP contribution in [0.25, 0.3) is 21.9 Å². The van der Waals surface area contributed by atoms with E-state index in [0.29, 0.717) is 10.9 Å². The molecule has 4 aromatic carbocycles. The van der Waals surface area contributed by atoms with Gasteiger partial charge in [-0.3, -0.25) is 0 Å². The first-order chi connectivity index (χ1) is 17.2. The number of allylic oxidation sites excluding steroid dienone is 4. The van der Waals surface area contributed by atoms with Gasteiger partial charge in [0, 0.05) is 10.9 Å². The monoisotopic (exact) mass is 458 g/mol. The van der Waals surface area contributed by atoms with Gasteiger partial charge in [0.25, 0.3) is 0 Å². The lowest BCUT2D eigenvalue weighted by atomic mass is 9.98. The molecule has 0 spiro atoms. The zero-order valence-corrected chi connectivity index (χ0v) is 20.5. The highest BCUT2D eigenvalue weighted by Crippen LogP contribution is 2.28. The lowest BCUT2D eigenvalue weighted by Gasteiger charge is -2.07. The number of fused-ring (bicyclic) bond motifs is 1. The first-order valence-electron chi connectivity index (χ1n) is 12.3. The summed E-state index contributed by atoms with van der Waals surface area (Å²) in [6, 6.07) is 26.5. The number of aryl methyl sites for hydroxylation is 2. The van der Waals surface area contributed by atoms with E-state index in [0.717, 1.165) is 47.8 Å². The van der Waals surface area contributed by atoms with Gasteiger partial charge in [0.05, 0.1) is 5.56 Å². The van der Waals surface area contributed by atoms with Crippen molar-refractivity contribution < 1.29 is 4.39 Å². The Labute approximate surface area is 208 Å². The summed E-state index contributed by atoms with van der Waals surface area (Å²) in [6.07, 6.45) is 12.7. The number of hydrogen-bond donors (Lipinski definition) is 0. The van der Waals surface area contributed by atoms with Gasteiger partial charge in [0.2, 0.25) is 0 Å². The Morgan fingerprint density at radius 2 is 1.26 bits per heavy atom. The number of hydrogen-bond acceptors (Lipinski definition) is 0. The zero-order chi connectivity index (χ0) is 24.5. The van der Waals surface area contributed by atoms with Crippen molar-refractivity contribution in [2.45, 2.75) is 39.5 Å². The lowest BCUT2D eigenvalue weighted by molar-refractivity contribution is 0.636. The van der Waals surface area contributed by atoms with Crippen molar-refractivity contribution >= 4 is 10.8 Å². The molecule has 0 unspecified atom stereocenters. The third kappa shape index (κ3) is 6.37. The Kier molecular flexibility index (Phi) is 8.31. The van der Waals surface area contributed by atoms with E-state index < -0.39 is 0 Å². The van der Waals surface area contributed by atoms with Crippen LogP contribution in [0, 0.1) is 17.7 Å². The molecular weight excluding hydrogens is 427 g/mol. The van der Waals surface area contributed by atoms with E-state index in [1.165, 1.54) is 11.1 Å². The summed E-state index contributed by atoms with van der Waals surface area (Å²) in [4.78, 5) is 0. The summed E-state index contributed by atoms with van der Waals surface area (Å²) in [5, 5.41) is 1.48. The van der Waals surface area contributed by atoms with Crippen LogP contribution in [0.3, 0.4) is 0 Å². The second-order valence-corrected chi connectivity index (χ2v) is 8.72. The largest absolute Gasteiger partial charge is 0.205 e. The number of rotatable bonds is 7. The molecule has 1 heteroatoms. The third-order valence-electron chi connectivity index (χ3n) is 6.21. The van der Waals surface area contributed by atoms with Crippen molar-refractivity contribution in [3.63, 3.8) is 0 Å². The van der Waals surface area contributed by atoms with Gasteiger partial charge >= 0.3 is 0 Å². The molecule has 0 nitrogen and oxygen atoms in total. The molecule has 4 aromatic rings. The van der Waals surface area contributed by atoms with E-state index in [9.17, 15) is 0 Å². The fraction of sp³-hybridized carbons (Fsp3) is 0.176. The quantitative estimate of drug-likeness (QED) is 0.191. The predicted octanol–water partition coefficient (Wildman–Crippen LogP) is 9.06. The van der Waals surface area contributed by atoms with E-state index in [4.69, 9.17) is 0 Å². The molecule has 35 heavy (non-hydrogen) atoms. The molecule has 0 radical (unpaired) electrons. The average molecular weight is 459 g/mol. The Hall–Kier alpha value is -3.89. The molecule has 4 rings (SSSR count). The van der Waals surface area contributed by atoms with Gasteiger partial charge in [0.1, 0.15) is 5.82 Å². The van der Waals surface area contributed by atoms with E-state index >= 15 is 4.39 Å². The van der Waals surface area contributed by atoms with Crippen LogP contribution in [0.5, 0.6) is 0 Å². The van der Waals surface area contributed by atoms with Gasteiger partial charge in [-0.15, -0.1) is 0 Å². The maximum atomic E-state index is 15.2. The molecular formula is C34H31F. The molecule has 0 heterocycles. The normalized spacial score (nSPS) is 11.3. The van der Waals surface area contributed by atoms with Crippen LogP contribution in [-0.4, -0.2) is 0 Å². The fourth-order valence-corrected chi connectivity index (χ4v) is 4.16. The van der Waals surface area contributed by atoms with E-state index in [2.05, 4.69) is 78.6 Å². The maximum absolute atomic E-state index is 15.2. The Morgan fingerprint density at radius 3 is 1.89 bits per heavy atom. The predicted molar refractivity (Wildman–Crippen MR) is 148 cm³/mol. The molecule has 0 aliphatic carbocycles. The van der Waals surface area contributed by atoms with Crippen molar-refractivity contribution in [2.24, 2.45) is 0 Å². The first-order valence-corrected chi connectivity index (χ1v) is 12.3. The summed E-state index contributed by atoms with van der Waals surface area (Å²) < 4.78 is 15.2. The molecule has 0 amide bonds. The van der Waals surface area contributed by atoms with E-state index in [1.54, 1.807) is 6.07 Å². The summed E-state index contributed by atoms with van der Waals surface area (Å²) in [5.41, 5.74) is 6.15. The van der Waals surface area contributed by atoms with Crippen LogP contribution in [0.2, 0.25) is 0 Å². The van der Waals surface area contributed by atoms with Crippen molar-refractivity contribution in [3.8, 4) is 23.0 Å². The Morgan fingerprint density at radius 1 is 0.657 bits per heavy atom. The second kappa shape index (κ2) is 12.0. The van der Waals surface area contributed by atoms with Crippen LogP contribution in [0.15, 0.2) is 103 Å². The molecule has 174 valence electrons. The fourth-order valence-electron chi connectivity index (χ4n) is 4.16. The van der Waals surface area contributed by atoms with Crippen LogP contribution in [0.1, 0.15) is 48.9 Å². The van der Waals surface area contributed by atoms with Crippen molar-refractivity contribution in [3.05, 3.63) is 131 Å². The van der Waals surface area contributed by atoms with Gasteiger partial charge in [-0.25, -0.2) is 4.39 Å². The maximum Gasteiger partial charge on any atom is 0.146 e. The number of halogens is 1. The van der Waals surface area contributed by atoms with Crippen LogP contribution < -0.4 is 0 Å². The Bertz CT molecular complexity index is 1390. The smallest absolute Gasteiger partial charge is 0.146 e. The van der Waals surface area contributed by atoms with Gasteiger partial charge in [-0.05, 0) is 91.4 Å². The highest BCUT2D eigenvalue weighted by atomic mass is 19.1.